The molecular weight excluding hydrogens is 236 g/mol. The molecule has 2 aromatic rings. The second kappa shape index (κ2) is 5.87. The average molecular weight is 256 g/mol. The lowest BCUT2D eigenvalue weighted by Gasteiger charge is -2.18. The number of ether oxygens (including phenoxy) is 1. The van der Waals surface area contributed by atoms with Crippen molar-refractivity contribution in [3.8, 4) is 5.75 Å². The quantitative estimate of drug-likeness (QED) is 0.730. The van der Waals surface area contributed by atoms with E-state index in [1.165, 1.54) is 0 Å². The summed E-state index contributed by atoms with van der Waals surface area (Å²) in [5.74, 6) is 0.774. The molecule has 0 heterocycles. The summed E-state index contributed by atoms with van der Waals surface area (Å²) in [6.07, 6.45) is 2.18. The van der Waals surface area contributed by atoms with Crippen molar-refractivity contribution in [1.82, 2.24) is 0 Å². The molecule has 0 aromatic heterocycles. The molecule has 100 valence electrons. The Morgan fingerprint density at radius 1 is 1.21 bits per heavy atom. The SMILES string of the molecule is CCCC(C)Oc1c(C(C)=O)ccc2ccccc12. The minimum Gasteiger partial charge on any atom is -0.489 e. The Hall–Kier alpha value is -1.83. The van der Waals surface area contributed by atoms with Crippen LogP contribution in [0.1, 0.15) is 44.0 Å². The number of hydrogen-bond acceptors (Lipinski definition) is 2. The monoisotopic (exact) mass is 256 g/mol. The molecule has 0 fully saturated rings. The van der Waals surface area contributed by atoms with E-state index in [-0.39, 0.29) is 11.9 Å². The highest BCUT2D eigenvalue weighted by Crippen LogP contribution is 2.31. The van der Waals surface area contributed by atoms with Gasteiger partial charge in [0.1, 0.15) is 5.75 Å². The molecule has 1 atom stereocenters. The molecular formula is C17H20O2. The van der Waals surface area contributed by atoms with Crippen molar-refractivity contribution >= 4 is 16.6 Å². The van der Waals surface area contributed by atoms with E-state index in [0.29, 0.717) is 5.56 Å². The molecule has 1 unspecified atom stereocenters. The van der Waals surface area contributed by atoms with E-state index in [4.69, 9.17) is 4.74 Å². The molecule has 2 heteroatoms. The van der Waals surface area contributed by atoms with Crippen LogP contribution in [0.3, 0.4) is 0 Å². The van der Waals surface area contributed by atoms with Gasteiger partial charge in [0.2, 0.25) is 0 Å². The molecule has 0 spiro atoms. The highest BCUT2D eigenvalue weighted by atomic mass is 16.5. The van der Waals surface area contributed by atoms with Crippen LogP contribution in [0.5, 0.6) is 5.75 Å². The van der Waals surface area contributed by atoms with E-state index in [9.17, 15) is 4.79 Å². The zero-order valence-corrected chi connectivity index (χ0v) is 11.8. The van der Waals surface area contributed by atoms with E-state index in [1.54, 1.807) is 6.92 Å². The van der Waals surface area contributed by atoms with Crippen molar-refractivity contribution < 1.29 is 9.53 Å². The number of benzene rings is 2. The summed E-state index contributed by atoms with van der Waals surface area (Å²) in [7, 11) is 0. The first kappa shape index (κ1) is 13.6. The summed E-state index contributed by atoms with van der Waals surface area (Å²) in [5.41, 5.74) is 0.668. The maximum Gasteiger partial charge on any atom is 0.163 e. The number of fused-ring (bicyclic) bond motifs is 1. The lowest BCUT2D eigenvalue weighted by Crippen LogP contribution is -2.13. The topological polar surface area (TPSA) is 26.3 Å². The van der Waals surface area contributed by atoms with Crippen molar-refractivity contribution in [1.29, 1.82) is 0 Å². The Kier molecular flexibility index (Phi) is 4.20. The Morgan fingerprint density at radius 2 is 1.95 bits per heavy atom. The first-order valence-corrected chi connectivity index (χ1v) is 6.82. The van der Waals surface area contributed by atoms with Crippen LogP contribution in [-0.2, 0) is 0 Å². The van der Waals surface area contributed by atoms with Gasteiger partial charge in [0.15, 0.2) is 5.78 Å². The minimum atomic E-state index is 0.0458. The van der Waals surface area contributed by atoms with Crippen LogP contribution in [0.15, 0.2) is 36.4 Å². The number of Topliss-reactive ketones (excluding diaryl/α,β-unsaturated/α-hetero) is 1. The Morgan fingerprint density at radius 3 is 2.63 bits per heavy atom. The lowest BCUT2D eigenvalue weighted by atomic mass is 10.0. The number of ketones is 1. The third-order valence-electron chi connectivity index (χ3n) is 3.27. The van der Waals surface area contributed by atoms with Crippen LogP contribution in [0, 0.1) is 0 Å². The zero-order valence-electron chi connectivity index (χ0n) is 11.8. The normalized spacial score (nSPS) is 12.4. The first-order valence-electron chi connectivity index (χ1n) is 6.82. The second-order valence-electron chi connectivity index (χ2n) is 4.94. The van der Waals surface area contributed by atoms with Crippen LogP contribution < -0.4 is 4.74 Å². The van der Waals surface area contributed by atoms with Crippen LogP contribution in [-0.4, -0.2) is 11.9 Å². The van der Waals surface area contributed by atoms with Gasteiger partial charge in [0, 0.05) is 5.39 Å². The number of rotatable bonds is 5. The Bertz CT molecular complexity index is 587. The first-order chi connectivity index (χ1) is 9.13. The van der Waals surface area contributed by atoms with E-state index >= 15 is 0 Å². The van der Waals surface area contributed by atoms with Gasteiger partial charge in [-0.1, -0.05) is 43.7 Å². The average Bonchev–Trinajstić information content (AvgIpc) is 2.39. The van der Waals surface area contributed by atoms with E-state index in [1.807, 2.05) is 36.4 Å². The zero-order chi connectivity index (χ0) is 13.8. The van der Waals surface area contributed by atoms with Gasteiger partial charge in [0.25, 0.3) is 0 Å². The van der Waals surface area contributed by atoms with Crippen LogP contribution in [0.25, 0.3) is 10.8 Å². The van der Waals surface area contributed by atoms with Gasteiger partial charge in [-0.05, 0) is 31.7 Å². The molecule has 0 amide bonds. The fraction of sp³-hybridized carbons (Fsp3) is 0.353. The predicted octanol–water partition coefficient (Wildman–Crippen LogP) is 4.61. The standard InChI is InChI=1S/C17H20O2/c1-4-7-12(2)19-17-15(13(3)18)11-10-14-8-5-6-9-16(14)17/h5-6,8-12H,4,7H2,1-3H3. The van der Waals surface area contributed by atoms with Gasteiger partial charge >= 0.3 is 0 Å². The summed E-state index contributed by atoms with van der Waals surface area (Å²) in [6, 6.07) is 11.9. The van der Waals surface area contributed by atoms with Crippen molar-refractivity contribution in [3.63, 3.8) is 0 Å². The molecule has 0 aliphatic rings. The lowest BCUT2D eigenvalue weighted by molar-refractivity contribution is 0.101. The predicted molar refractivity (Wildman–Crippen MR) is 79.0 cm³/mol. The summed E-state index contributed by atoms with van der Waals surface area (Å²) in [5, 5.41) is 2.12. The van der Waals surface area contributed by atoms with Crippen molar-refractivity contribution in [2.45, 2.75) is 39.7 Å². The molecule has 0 radical (unpaired) electrons. The van der Waals surface area contributed by atoms with Crippen LogP contribution in [0.2, 0.25) is 0 Å². The molecule has 0 N–H and O–H groups in total. The number of carbonyl (C=O) groups excluding carboxylic acids is 1. The van der Waals surface area contributed by atoms with E-state index in [0.717, 1.165) is 29.4 Å². The molecule has 0 saturated heterocycles. The Balaban J connectivity index is 2.52. The fourth-order valence-corrected chi connectivity index (χ4v) is 2.31. The van der Waals surface area contributed by atoms with Crippen molar-refractivity contribution in [3.05, 3.63) is 42.0 Å². The number of carbonyl (C=O) groups is 1. The van der Waals surface area contributed by atoms with Gasteiger partial charge in [-0.25, -0.2) is 0 Å². The summed E-state index contributed by atoms with van der Waals surface area (Å²) in [4.78, 5) is 11.8. The maximum absolute atomic E-state index is 11.8. The molecule has 0 bridgehead atoms. The molecule has 0 aliphatic heterocycles. The van der Waals surface area contributed by atoms with Crippen LogP contribution >= 0.6 is 0 Å². The fourth-order valence-electron chi connectivity index (χ4n) is 2.31. The highest BCUT2D eigenvalue weighted by Gasteiger charge is 2.14. The summed E-state index contributed by atoms with van der Waals surface area (Å²) < 4.78 is 6.04. The largest absolute Gasteiger partial charge is 0.489 e. The second-order valence-corrected chi connectivity index (χ2v) is 4.94. The Labute approximate surface area is 114 Å². The molecule has 0 aliphatic carbocycles. The smallest absolute Gasteiger partial charge is 0.163 e. The summed E-state index contributed by atoms with van der Waals surface area (Å²) in [6.45, 7) is 5.77. The van der Waals surface area contributed by atoms with Gasteiger partial charge in [-0.3, -0.25) is 4.79 Å². The summed E-state index contributed by atoms with van der Waals surface area (Å²) >= 11 is 0. The van der Waals surface area contributed by atoms with Gasteiger partial charge in [-0.15, -0.1) is 0 Å². The third kappa shape index (κ3) is 2.95. The third-order valence-corrected chi connectivity index (χ3v) is 3.27. The maximum atomic E-state index is 11.8. The van der Waals surface area contributed by atoms with E-state index in [2.05, 4.69) is 13.8 Å². The highest BCUT2D eigenvalue weighted by molar-refractivity contribution is 6.03. The van der Waals surface area contributed by atoms with Gasteiger partial charge in [0.05, 0.1) is 11.7 Å². The molecule has 2 aromatic carbocycles. The molecule has 2 nitrogen and oxygen atoms in total. The molecule has 2 rings (SSSR count). The minimum absolute atomic E-state index is 0.0458. The van der Waals surface area contributed by atoms with E-state index < -0.39 is 0 Å². The van der Waals surface area contributed by atoms with Gasteiger partial charge in [-0.2, -0.15) is 0 Å². The molecule has 0 saturated carbocycles. The van der Waals surface area contributed by atoms with Crippen molar-refractivity contribution in [2.75, 3.05) is 0 Å². The molecule has 19 heavy (non-hydrogen) atoms. The number of hydrogen-bond donors (Lipinski definition) is 0. The van der Waals surface area contributed by atoms with Crippen molar-refractivity contribution in [2.24, 2.45) is 0 Å². The van der Waals surface area contributed by atoms with Gasteiger partial charge < -0.3 is 4.74 Å². The van der Waals surface area contributed by atoms with Crippen LogP contribution in [0.4, 0.5) is 0 Å².